The number of rotatable bonds is 6. The highest BCUT2D eigenvalue weighted by Gasteiger charge is 2.10. The predicted octanol–water partition coefficient (Wildman–Crippen LogP) is 3.46. The van der Waals surface area contributed by atoms with Crippen LogP contribution in [0.15, 0.2) is 59.6 Å². The number of aryl methyl sites for hydroxylation is 1. The maximum atomic E-state index is 12.3. The van der Waals surface area contributed by atoms with Crippen molar-refractivity contribution in [1.29, 1.82) is 0 Å². The molecule has 0 atom stereocenters. The van der Waals surface area contributed by atoms with E-state index in [4.69, 9.17) is 0 Å². The quantitative estimate of drug-likeness (QED) is 0.570. The van der Waals surface area contributed by atoms with Crippen molar-refractivity contribution in [2.45, 2.75) is 13.0 Å². The largest absolute Gasteiger partial charge is 0.354 e. The molecule has 0 aliphatic rings. The third-order valence-corrected chi connectivity index (χ3v) is 5.13. The topological polar surface area (TPSA) is 51.9 Å². The first kappa shape index (κ1) is 16.6. The van der Waals surface area contributed by atoms with E-state index in [1.54, 1.807) is 11.3 Å². The monoisotopic (exact) mass is 364 g/mol. The van der Waals surface area contributed by atoms with Crippen LogP contribution in [0, 0.1) is 0 Å². The van der Waals surface area contributed by atoms with Crippen LogP contribution in [0.5, 0.6) is 0 Å². The standard InChI is InChI=1S/C20H20N4OS/c1-23-13-16(17-4-2-3-5-19(17)23)12-20(25)21-8-10-24-9-6-18(22-24)15-7-11-26-14-15/h2-7,9,11,13-14H,8,10,12H2,1H3,(H,21,25). The second-order valence-corrected chi connectivity index (χ2v) is 7.07. The summed E-state index contributed by atoms with van der Waals surface area (Å²) in [6.07, 6.45) is 4.37. The van der Waals surface area contributed by atoms with Crippen molar-refractivity contribution in [3.05, 3.63) is 65.1 Å². The Balaban J connectivity index is 1.33. The summed E-state index contributed by atoms with van der Waals surface area (Å²) in [7, 11) is 2.01. The van der Waals surface area contributed by atoms with E-state index in [-0.39, 0.29) is 5.91 Å². The minimum Gasteiger partial charge on any atom is -0.354 e. The number of thiophene rings is 1. The van der Waals surface area contributed by atoms with E-state index >= 15 is 0 Å². The Kier molecular flexibility index (Phi) is 4.58. The molecule has 4 aromatic rings. The van der Waals surface area contributed by atoms with Gasteiger partial charge in [0, 0.05) is 47.8 Å². The molecule has 0 radical (unpaired) electrons. The van der Waals surface area contributed by atoms with Crippen molar-refractivity contribution >= 4 is 28.1 Å². The molecule has 1 amide bonds. The van der Waals surface area contributed by atoms with Crippen molar-refractivity contribution in [3.8, 4) is 11.3 Å². The molecule has 5 nitrogen and oxygen atoms in total. The van der Waals surface area contributed by atoms with Crippen LogP contribution in [0.4, 0.5) is 0 Å². The number of nitrogens with one attached hydrogen (secondary N) is 1. The van der Waals surface area contributed by atoms with Gasteiger partial charge in [-0.2, -0.15) is 16.4 Å². The summed E-state index contributed by atoms with van der Waals surface area (Å²) in [5, 5.41) is 12.8. The SMILES string of the molecule is Cn1cc(CC(=O)NCCn2ccc(-c3ccsc3)n2)c2ccccc21. The predicted molar refractivity (Wildman–Crippen MR) is 105 cm³/mol. The lowest BCUT2D eigenvalue weighted by Gasteiger charge is -2.05. The summed E-state index contributed by atoms with van der Waals surface area (Å²) in [4.78, 5) is 12.3. The van der Waals surface area contributed by atoms with Crippen LogP contribution >= 0.6 is 11.3 Å². The number of hydrogen-bond acceptors (Lipinski definition) is 3. The normalized spacial score (nSPS) is 11.1. The van der Waals surface area contributed by atoms with Gasteiger partial charge in [-0.3, -0.25) is 9.48 Å². The second-order valence-electron chi connectivity index (χ2n) is 6.29. The number of aromatic nitrogens is 3. The molecule has 1 aromatic carbocycles. The van der Waals surface area contributed by atoms with Crippen molar-refractivity contribution < 1.29 is 4.79 Å². The van der Waals surface area contributed by atoms with Gasteiger partial charge in [-0.25, -0.2) is 0 Å². The van der Waals surface area contributed by atoms with Gasteiger partial charge in [-0.1, -0.05) is 18.2 Å². The van der Waals surface area contributed by atoms with Gasteiger partial charge < -0.3 is 9.88 Å². The van der Waals surface area contributed by atoms with E-state index in [1.165, 1.54) is 0 Å². The van der Waals surface area contributed by atoms with E-state index in [1.807, 2.05) is 47.7 Å². The number of carbonyl (C=O) groups excluding carboxylic acids is 1. The third-order valence-electron chi connectivity index (χ3n) is 4.45. The summed E-state index contributed by atoms with van der Waals surface area (Å²) in [5.41, 5.74) is 4.30. The van der Waals surface area contributed by atoms with Gasteiger partial charge >= 0.3 is 0 Å². The number of nitrogens with zero attached hydrogens (tertiary/aromatic N) is 3. The number of para-hydroxylation sites is 1. The molecule has 4 rings (SSSR count). The van der Waals surface area contributed by atoms with Gasteiger partial charge in [-0.05, 0) is 29.1 Å². The van der Waals surface area contributed by atoms with E-state index in [0.29, 0.717) is 19.5 Å². The zero-order valence-electron chi connectivity index (χ0n) is 14.6. The van der Waals surface area contributed by atoms with Crippen LogP contribution in [-0.2, 0) is 24.8 Å². The summed E-state index contributed by atoms with van der Waals surface area (Å²) in [5.74, 6) is 0.0339. The lowest BCUT2D eigenvalue weighted by molar-refractivity contribution is -0.120. The Morgan fingerprint density at radius 2 is 2.12 bits per heavy atom. The molecule has 0 bridgehead atoms. The summed E-state index contributed by atoms with van der Waals surface area (Å²) < 4.78 is 3.93. The molecule has 0 aliphatic carbocycles. The minimum absolute atomic E-state index is 0.0339. The Bertz CT molecular complexity index is 1030. The highest BCUT2D eigenvalue weighted by Crippen LogP contribution is 2.21. The minimum atomic E-state index is 0.0339. The Labute approximate surface area is 155 Å². The van der Waals surface area contributed by atoms with Gasteiger partial charge in [0.25, 0.3) is 0 Å². The Hall–Kier alpha value is -2.86. The van der Waals surface area contributed by atoms with E-state index < -0.39 is 0 Å². The second kappa shape index (κ2) is 7.17. The van der Waals surface area contributed by atoms with Crippen LogP contribution in [0.3, 0.4) is 0 Å². The number of hydrogen-bond donors (Lipinski definition) is 1. The summed E-state index contributed by atoms with van der Waals surface area (Å²) >= 11 is 1.66. The summed E-state index contributed by atoms with van der Waals surface area (Å²) in [6, 6.07) is 12.2. The van der Waals surface area contributed by atoms with Gasteiger partial charge in [0.15, 0.2) is 0 Å². The molecular weight excluding hydrogens is 344 g/mol. The maximum absolute atomic E-state index is 12.3. The van der Waals surface area contributed by atoms with Crippen LogP contribution in [0.25, 0.3) is 22.2 Å². The van der Waals surface area contributed by atoms with Crippen molar-refractivity contribution in [2.75, 3.05) is 6.54 Å². The number of carbonyl (C=O) groups is 1. The highest BCUT2D eigenvalue weighted by molar-refractivity contribution is 7.08. The van der Waals surface area contributed by atoms with Crippen molar-refractivity contribution in [1.82, 2.24) is 19.7 Å². The fourth-order valence-electron chi connectivity index (χ4n) is 3.16. The zero-order valence-corrected chi connectivity index (χ0v) is 15.4. The third kappa shape index (κ3) is 3.41. The lowest BCUT2D eigenvalue weighted by atomic mass is 10.1. The Morgan fingerprint density at radius 1 is 1.23 bits per heavy atom. The molecule has 0 fully saturated rings. The van der Waals surface area contributed by atoms with Crippen LogP contribution in [-0.4, -0.2) is 26.8 Å². The van der Waals surface area contributed by atoms with Crippen LogP contribution in [0.2, 0.25) is 0 Å². The lowest BCUT2D eigenvalue weighted by Crippen LogP contribution is -2.28. The first-order valence-electron chi connectivity index (χ1n) is 8.56. The molecular formula is C20H20N4OS. The van der Waals surface area contributed by atoms with Crippen LogP contribution < -0.4 is 5.32 Å². The van der Waals surface area contributed by atoms with Gasteiger partial charge in [-0.15, -0.1) is 0 Å². The number of benzene rings is 1. The first-order chi connectivity index (χ1) is 12.7. The molecule has 0 spiro atoms. The van der Waals surface area contributed by atoms with Crippen molar-refractivity contribution in [2.24, 2.45) is 7.05 Å². The fraction of sp³-hybridized carbons (Fsp3) is 0.200. The molecule has 0 aliphatic heterocycles. The fourth-order valence-corrected chi connectivity index (χ4v) is 3.81. The average molecular weight is 364 g/mol. The van der Waals surface area contributed by atoms with Crippen LogP contribution in [0.1, 0.15) is 5.56 Å². The number of fused-ring (bicyclic) bond motifs is 1. The Morgan fingerprint density at radius 3 is 2.96 bits per heavy atom. The molecule has 26 heavy (non-hydrogen) atoms. The smallest absolute Gasteiger partial charge is 0.224 e. The molecule has 6 heteroatoms. The molecule has 132 valence electrons. The van der Waals surface area contributed by atoms with E-state index in [2.05, 4.69) is 38.6 Å². The highest BCUT2D eigenvalue weighted by atomic mass is 32.1. The number of amides is 1. The van der Waals surface area contributed by atoms with Gasteiger partial charge in [0.05, 0.1) is 18.7 Å². The van der Waals surface area contributed by atoms with Gasteiger partial charge in [0.2, 0.25) is 5.91 Å². The first-order valence-corrected chi connectivity index (χ1v) is 9.50. The maximum Gasteiger partial charge on any atom is 0.224 e. The van der Waals surface area contributed by atoms with E-state index in [0.717, 1.165) is 27.7 Å². The molecule has 3 aromatic heterocycles. The molecule has 1 N–H and O–H groups in total. The summed E-state index contributed by atoms with van der Waals surface area (Å²) in [6.45, 7) is 1.22. The molecule has 3 heterocycles. The molecule has 0 saturated carbocycles. The van der Waals surface area contributed by atoms with Gasteiger partial charge in [0.1, 0.15) is 0 Å². The molecule has 0 saturated heterocycles. The average Bonchev–Trinajstić information content (AvgIpc) is 3.37. The van der Waals surface area contributed by atoms with Crippen molar-refractivity contribution in [3.63, 3.8) is 0 Å². The van der Waals surface area contributed by atoms with E-state index in [9.17, 15) is 4.79 Å². The molecule has 0 unspecified atom stereocenters. The zero-order chi connectivity index (χ0) is 17.9.